The summed E-state index contributed by atoms with van der Waals surface area (Å²) in [6.07, 6.45) is 2.36. The van der Waals surface area contributed by atoms with Crippen LogP contribution in [0.1, 0.15) is 29.8 Å². The number of carbonyl (C=O) groups is 1. The third-order valence-electron chi connectivity index (χ3n) is 5.23. The lowest BCUT2D eigenvalue weighted by Crippen LogP contribution is -2.56. The number of pyridine rings is 1. The first-order chi connectivity index (χ1) is 13.1. The van der Waals surface area contributed by atoms with Gasteiger partial charge in [-0.2, -0.15) is 0 Å². The number of hydrazine groups is 1. The highest BCUT2D eigenvalue weighted by Crippen LogP contribution is 2.38. The summed E-state index contributed by atoms with van der Waals surface area (Å²) in [5.41, 5.74) is 0.406. The van der Waals surface area contributed by atoms with Crippen LogP contribution < -0.4 is 15.5 Å². The third kappa shape index (κ3) is 4.04. The molecule has 8 nitrogen and oxygen atoms in total. The van der Waals surface area contributed by atoms with Crippen molar-refractivity contribution in [3.63, 3.8) is 0 Å². The number of halogens is 2. The van der Waals surface area contributed by atoms with Gasteiger partial charge in [-0.1, -0.05) is 0 Å². The average Bonchev–Trinajstić information content (AvgIpc) is 3.38. The molecule has 0 radical (unpaired) electrons. The molecular formula is C17H22F2N4O4S. The van der Waals surface area contributed by atoms with E-state index in [1.807, 2.05) is 0 Å². The number of sulfone groups is 1. The molecule has 1 unspecified atom stereocenters. The standard InChI is InChI=1S/C17H22F2N4O4S/c18-17(19)9-22(10-17)14-4-3-13(21-15(14)27-7-11-1-2-11)16(24)23(20)12-5-6-28(25,26)8-12/h3-4,11-12H,1-2,5-10,20H2. The van der Waals surface area contributed by atoms with Crippen LogP contribution in [0, 0.1) is 5.92 Å². The maximum absolute atomic E-state index is 13.2. The topological polar surface area (TPSA) is 106 Å². The van der Waals surface area contributed by atoms with Crippen LogP contribution in [0.15, 0.2) is 12.1 Å². The fraction of sp³-hybridized carbons (Fsp3) is 0.647. The normalized spacial score (nSPS) is 25.2. The molecule has 1 atom stereocenters. The number of hydrogen-bond donors (Lipinski definition) is 1. The van der Waals surface area contributed by atoms with Gasteiger partial charge < -0.3 is 9.64 Å². The van der Waals surface area contributed by atoms with Crippen LogP contribution in [0.5, 0.6) is 5.88 Å². The summed E-state index contributed by atoms with van der Waals surface area (Å²) in [7, 11) is -3.20. The van der Waals surface area contributed by atoms with E-state index in [0.29, 0.717) is 18.2 Å². The Morgan fingerprint density at radius 3 is 2.61 bits per heavy atom. The molecule has 154 valence electrons. The van der Waals surface area contributed by atoms with Gasteiger partial charge in [0.05, 0.1) is 37.2 Å². The summed E-state index contributed by atoms with van der Waals surface area (Å²) in [4.78, 5) is 18.3. The van der Waals surface area contributed by atoms with Gasteiger partial charge in [0, 0.05) is 0 Å². The molecule has 1 saturated carbocycles. The van der Waals surface area contributed by atoms with Crippen LogP contribution in [0.25, 0.3) is 0 Å². The lowest BCUT2D eigenvalue weighted by Gasteiger charge is -2.40. The van der Waals surface area contributed by atoms with Crippen LogP contribution in [0.3, 0.4) is 0 Å². The second-order valence-electron chi connectivity index (χ2n) is 7.76. The SMILES string of the molecule is NN(C(=O)c1ccc(N2CC(F)(F)C2)c(OCC2CC2)n1)C1CCS(=O)(=O)C1. The van der Waals surface area contributed by atoms with E-state index in [1.165, 1.54) is 17.0 Å². The zero-order chi connectivity index (χ0) is 20.1. The van der Waals surface area contributed by atoms with E-state index < -0.39 is 40.8 Å². The minimum atomic E-state index is -3.20. The molecule has 0 bridgehead atoms. The van der Waals surface area contributed by atoms with Crippen LogP contribution in [0.2, 0.25) is 0 Å². The van der Waals surface area contributed by atoms with Crippen LogP contribution >= 0.6 is 0 Å². The minimum Gasteiger partial charge on any atom is -0.476 e. The van der Waals surface area contributed by atoms with Gasteiger partial charge in [0.15, 0.2) is 9.84 Å². The highest BCUT2D eigenvalue weighted by molar-refractivity contribution is 7.91. The van der Waals surface area contributed by atoms with Crippen molar-refractivity contribution in [2.75, 3.05) is 36.1 Å². The van der Waals surface area contributed by atoms with Crippen molar-refractivity contribution >= 4 is 21.4 Å². The summed E-state index contributed by atoms with van der Waals surface area (Å²) in [6.45, 7) is -0.440. The molecule has 28 heavy (non-hydrogen) atoms. The zero-order valence-electron chi connectivity index (χ0n) is 15.2. The summed E-state index contributed by atoms with van der Waals surface area (Å²) in [5.74, 6) is 2.84. The minimum absolute atomic E-state index is 0.00590. The number of ether oxygens (including phenoxy) is 1. The van der Waals surface area contributed by atoms with E-state index in [-0.39, 0.29) is 29.5 Å². The first-order valence-electron chi connectivity index (χ1n) is 9.19. The molecule has 4 rings (SSSR count). The summed E-state index contributed by atoms with van der Waals surface area (Å²) >= 11 is 0. The lowest BCUT2D eigenvalue weighted by atomic mass is 10.1. The highest BCUT2D eigenvalue weighted by Gasteiger charge is 2.45. The molecule has 1 aliphatic carbocycles. The largest absolute Gasteiger partial charge is 0.476 e. The number of anilines is 1. The Labute approximate surface area is 161 Å². The molecule has 2 N–H and O–H groups in total. The Kier molecular flexibility index (Phi) is 4.69. The predicted molar refractivity (Wildman–Crippen MR) is 97.0 cm³/mol. The predicted octanol–water partition coefficient (Wildman–Crippen LogP) is 0.829. The summed E-state index contributed by atoms with van der Waals surface area (Å²) in [6, 6.07) is 2.32. The Balaban J connectivity index is 1.53. The van der Waals surface area contributed by atoms with E-state index in [2.05, 4.69) is 4.98 Å². The number of amides is 1. The number of alkyl halides is 2. The van der Waals surface area contributed by atoms with Gasteiger partial charge in [0.2, 0.25) is 5.88 Å². The van der Waals surface area contributed by atoms with Crippen LogP contribution in [0.4, 0.5) is 14.5 Å². The molecule has 1 aromatic rings. The number of aromatic nitrogens is 1. The van der Waals surface area contributed by atoms with Gasteiger partial charge in [-0.25, -0.2) is 28.0 Å². The maximum Gasteiger partial charge on any atom is 0.286 e. The fourth-order valence-electron chi connectivity index (χ4n) is 3.36. The molecule has 2 aliphatic heterocycles. The third-order valence-corrected chi connectivity index (χ3v) is 6.98. The van der Waals surface area contributed by atoms with E-state index in [0.717, 1.165) is 17.9 Å². The Morgan fingerprint density at radius 2 is 2.04 bits per heavy atom. The van der Waals surface area contributed by atoms with Gasteiger partial charge in [0.1, 0.15) is 11.4 Å². The molecule has 2 saturated heterocycles. The van der Waals surface area contributed by atoms with Gasteiger partial charge >= 0.3 is 0 Å². The molecule has 3 fully saturated rings. The molecule has 3 aliphatic rings. The summed E-state index contributed by atoms with van der Waals surface area (Å²) in [5, 5.41) is 0.898. The zero-order valence-corrected chi connectivity index (χ0v) is 16.0. The lowest BCUT2D eigenvalue weighted by molar-refractivity contribution is -0.0265. The summed E-state index contributed by atoms with van der Waals surface area (Å²) < 4.78 is 55.5. The van der Waals surface area contributed by atoms with E-state index in [1.54, 1.807) is 0 Å². The molecule has 11 heteroatoms. The highest BCUT2D eigenvalue weighted by atomic mass is 32.2. The van der Waals surface area contributed by atoms with Crippen LogP contribution in [-0.2, 0) is 9.84 Å². The number of hydrogen-bond acceptors (Lipinski definition) is 7. The number of nitrogens with zero attached hydrogens (tertiary/aromatic N) is 3. The van der Waals surface area contributed by atoms with Crippen molar-refractivity contribution in [2.45, 2.75) is 31.2 Å². The van der Waals surface area contributed by atoms with Gasteiger partial charge in [-0.3, -0.25) is 9.80 Å². The number of carbonyl (C=O) groups excluding carboxylic acids is 1. The molecule has 1 amide bonds. The average molecular weight is 416 g/mol. The Hall–Kier alpha value is -2.01. The Morgan fingerprint density at radius 1 is 1.32 bits per heavy atom. The van der Waals surface area contributed by atoms with Crippen molar-refractivity contribution in [3.05, 3.63) is 17.8 Å². The smallest absolute Gasteiger partial charge is 0.286 e. The van der Waals surface area contributed by atoms with Gasteiger partial charge in [-0.15, -0.1) is 0 Å². The second kappa shape index (κ2) is 6.80. The van der Waals surface area contributed by atoms with E-state index in [4.69, 9.17) is 10.6 Å². The van der Waals surface area contributed by atoms with Crippen molar-refractivity contribution in [1.82, 2.24) is 9.99 Å². The van der Waals surface area contributed by atoms with Crippen LogP contribution in [-0.4, -0.2) is 67.5 Å². The van der Waals surface area contributed by atoms with E-state index >= 15 is 0 Å². The molecule has 1 aromatic heterocycles. The second-order valence-corrected chi connectivity index (χ2v) is 9.99. The molecule has 0 spiro atoms. The number of nitrogens with two attached hydrogens (primary N) is 1. The number of rotatable bonds is 6. The fourth-order valence-corrected chi connectivity index (χ4v) is 5.07. The van der Waals surface area contributed by atoms with Crippen molar-refractivity contribution in [3.8, 4) is 5.88 Å². The monoisotopic (exact) mass is 416 g/mol. The first kappa shape index (κ1) is 19.3. The van der Waals surface area contributed by atoms with E-state index in [9.17, 15) is 22.0 Å². The van der Waals surface area contributed by atoms with Gasteiger partial charge in [0.25, 0.3) is 11.8 Å². The first-order valence-corrected chi connectivity index (χ1v) is 11.0. The maximum atomic E-state index is 13.2. The molecular weight excluding hydrogens is 394 g/mol. The Bertz CT molecular complexity index is 883. The quantitative estimate of drug-likeness (QED) is 0.416. The van der Waals surface area contributed by atoms with Crippen molar-refractivity contribution < 1.29 is 26.7 Å². The molecule has 3 heterocycles. The van der Waals surface area contributed by atoms with Crippen molar-refractivity contribution in [2.24, 2.45) is 11.8 Å². The van der Waals surface area contributed by atoms with Crippen molar-refractivity contribution in [1.29, 1.82) is 0 Å². The van der Waals surface area contributed by atoms with Gasteiger partial charge in [-0.05, 0) is 37.3 Å². The molecule has 0 aromatic carbocycles.